The summed E-state index contributed by atoms with van der Waals surface area (Å²) < 4.78 is 13.1. The Labute approximate surface area is 115 Å². The zero-order valence-electron chi connectivity index (χ0n) is 10.8. The molecule has 6 heteroatoms. The number of nitro groups is 1. The van der Waals surface area contributed by atoms with Gasteiger partial charge in [0.05, 0.1) is 11.0 Å². The molecule has 0 fully saturated rings. The van der Waals surface area contributed by atoms with Crippen LogP contribution in [0.4, 0.5) is 21.5 Å². The molecule has 0 saturated carbocycles. The lowest BCUT2D eigenvalue weighted by Crippen LogP contribution is -2.08. The van der Waals surface area contributed by atoms with Crippen LogP contribution in [0, 0.1) is 15.9 Å². The third-order valence-electron chi connectivity index (χ3n) is 2.96. The monoisotopic (exact) mass is 275 g/mol. The summed E-state index contributed by atoms with van der Waals surface area (Å²) in [5.74, 6) is -0.637. The zero-order chi connectivity index (χ0) is 14.7. The molecule has 104 valence electrons. The van der Waals surface area contributed by atoms with Gasteiger partial charge in [-0.25, -0.2) is 4.39 Å². The lowest BCUT2D eigenvalue weighted by atomic mass is 10.1. The van der Waals surface area contributed by atoms with Crippen LogP contribution >= 0.6 is 0 Å². The second kappa shape index (κ2) is 5.56. The summed E-state index contributed by atoms with van der Waals surface area (Å²) in [7, 11) is 0. The van der Waals surface area contributed by atoms with Gasteiger partial charge < -0.3 is 11.1 Å². The van der Waals surface area contributed by atoms with Crippen LogP contribution in [0.15, 0.2) is 42.5 Å². The maximum atomic E-state index is 13.1. The smallest absolute Gasteiger partial charge is 0.295 e. The van der Waals surface area contributed by atoms with Gasteiger partial charge in [0.2, 0.25) is 0 Å². The molecule has 2 aromatic carbocycles. The first-order valence-electron chi connectivity index (χ1n) is 6.03. The molecule has 0 aromatic heterocycles. The second-order valence-corrected chi connectivity index (χ2v) is 4.45. The van der Waals surface area contributed by atoms with Crippen molar-refractivity contribution >= 4 is 17.1 Å². The van der Waals surface area contributed by atoms with Crippen LogP contribution in [0.25, 0.3) is 0 Å². The van der Waals surface area contributed by atoms with Crippen molar-refractivity contribution in [3.63, 3.8) is 0 Å². The normalized spacial score (nSPS) is 11.9. The number of nitrogens with zero attached hydrogens (tertiary/aromatic N) is 1. The van der Waals surface area contributed by atoms with E-state index in [0.29, 0.717) is 5.69 Å². The molecule has 2 rings (SSSR count). The molecule has 0 spiro atoms. The van der Waals surface area contributed by atoms with Crippen LogP contribution in [0.1, 0.15) is 18.5 Å². The molecule has 3 N–H and O–H groups in total. The molecule has 0 bridgehead atoms. The number of nitro benzene ring substituents is 1. The van der Waals surface area contributed by atoms with Gasteiger partial charge in [0.25, 0.3) is 5.69 Å². The van der Waals surface area contributed by atoms with Crippen molar-refractivity contribution in [1.29, 1.82) is 0 Å². The van der Waals surface area contributed by atoms with E-state index in [1.807, 2.05) is 19.1 Å². The van der Waals surface area contributed by atoms with Crippen molar-refractivity contribution in [3.05, 3.63) is 64.0 Å². The Morgan fingerprint density at radius 3 is 2.50 bits per heavy atom. The molecule has 0 saturated heterocycles. The van der Waals surface area contributed by atoms with Crippen molar-refractivity contribution in [3.8, 4) is 0 Å². The predicted molar refractivity (Wildman–Crippen MR) is 75.9 cm³/mol. The SMILES string of the molecule is CC(Nc1ccc(F)cc1[N+](=O)[O-])c1ccc(N)cc1. The quantitative estimate of drug-likeness (QED) is 0.508. The number of hydrogen-bond donors (Lipinski definition) is 2. The molecule has 0 aliphatic heterocycles. The molecular weight excluding hydrogens is 261 g/mol. The Morgan fingerprint density at radius 1 is 1.25 bits per heavy atom. The third kappa shape index (κ3) is 3.03. The largest absolute Gasteiger partial charge is 0.399 e. The van der Waals surface area contributed by atoms with E-state index in [0.717, 1.165) is 11.6 Å². The highest BCUT2D eigenvalue weighted by Crippen LogP contribution is 2.29. The molecule has 1 unspecified atom stereocenters. The Balaban J connectivity index is 2.25. The number of halogens is 1. The summed E-state index contributed by atoms with van der Waals surface area (Å²) in [6, 6.07) is 10.5. The minimum Gasteiger partial charge on any atom is -0.399 e. The average Bonchev–Trinajstić information content (AvgIpc) is 2.41. The molecule has 2 aromatic rings. The van der Waals surface area contributed by atoms with Gasteiger partial charge in [-0.2, -0.15) is 0 Å². The van der Waals surface area contributed by atoms with Gasteiger partial charge in [0.1, 0.15) is 11.5 Å². The number of hydrogen-bond acceptors (Lipinski definition) is 4. The van der Waals surface area contributed by atoms with Crippen LogP contribution in [0.5, 0.6) is 0 Å². The van der Waals surface area contributed by atoms with Gasteiger partial charge in [-0.1, -0.05) is 12.1 Å². The first-order valence-corrected chi connectivity index (χ1v) is 6.03. The summed E-state index contributed by atoms with van der Waals surface area (Å²) in [4.78, 5) is 10.3. The Morgan fingerprint density at radius 2 is 1.90 bits per heavy atom. The first kappa shape index (κ1) is 13.8. The number of nitrogen functional groups attached to an aromatic ring is 1. The fraction of sp³-hybridized carbons (Fsp3) is 0.143. The molecule has 5 nitrogen and oxygen atoms in total. The van der Waals surface area contributed by atoms with E-state index in [4.69, 9.17) is 5.73 Å². The summed E-state index contributed by atoms with van der Waals surface area (Å²) >= 11 is 0. The molecule has 1 atom stereocenters. The third-order valence-corrected chi connectivity index (χ3v) is 2.96. The number of benzene rings is 2. The van der Waals surface area contributed by atoms with Crippen LogP contribution in [0.3, 0.4) is 0 Å². The van der Waals surface area contributed by atoms with E-state index in [-0.39, 0.29) is 17.4 Å². The fourth-order valence-corrected chi connectivity index (χ4v) is 1.88. The number of rotatable bonds is 4. The standard InChI is InChI=1S/C14H14FN3O2/c1-9(10-2-5-12(16)6-3-10)17-13-7-4-11(15)8-14(13)18(19)20/h2-9,17H,16H2,1H3. The number of nitrogens with two attached hydrogens (primary N) is 1. The summed E-state index contributed by atoms with van der Waals surface area (Å²) in [6.45, 7) is 1.86. The molecule has 20 heavy (non-hydrogen) atoms. The Hall–Kier alpha value is -2.63. The highest BCUT2D eigenvalue weighted by molar-refractivity contribution is 5.62. The Kier molecular flexibility index (Phi) is 3.84. The summed E-state index contributed by atoms with van der Waals surface area (Å²) in [5, 5.41) is 13.9. The van der Waals surface area contributed by atoms with Gasteiger partial charge in [0, 0.05) is 11.7 Å². The van der Waals surface area contributed by atoms with Crippen molar-refractivity contribution in [1.82, 2.24) is 0 Å². The molecule has 0 aliphatic rings. The predicted octanol–water partition coefficient (Wildman–Crippen LogP) is 3.49. The van der Waals surface area contributed by atoms with E-state index in [9.17, 15) is 14.5 Å². The van der Waals surface area contributed by atoms with Gasteiger partial charge in [-0.3, -0.25) is 10.1 Å². The molecular formula is C14H14FN3O2. The number of nitrogens with one attached hydrogen (secondary N) is 1. The summed E-state index contributed by atoms with van der Waals surface area (Å²) in [6.07, 6.45) is 0. The van der Waals surface area contributed by atoms with Gasteiger partial charge in [-0.05, 0) is 36.8 Å². The van der Waals surface area contributed by atoms with Crippen LogP contribution in [-0.2, 0) is 0 Å². The fourth-order valence-electron chi connectivity index (χ4n) is 1.88. The molecule has 0 aliphatic carbocycles. The van der Waals surface area contributed by atoms with E-state index in [1.54, 1.807) is 12.1 Å². The maximum Gasteiger partial charge on any atom is 0.295 e. The van der Waals surface area contributed by atoms with Gasteiger partial charge >= 0.3 is 0 Å². The average molecular weight is 275 g/mol. The van der Waals surface area contributed by atoms with E-state index >= 15 is 0 Å². The topological polar surface area (TPSA) is 81.2 Å². The lowest BCUT2D eigenvalue weighted by Gasteiger charge is -2.16. The van der Waals surface area contributed by atoms with E-state index in [1.165, 1.54) is 12.1 Å². The zero-order valence-corrected chi connectivity index (χ0v) is 10.8. The molecule has 0 amide bonds. The van der Waals surface area contributed by atoms with Crippen molar-refractivity contribution in [2.24, 2.45) is 0 Å². The van der Waals surface area contributed by atoms with Crippen LogP contribution < -0.4 is 11.1 Å². The minimum atomic E-state index is -0.637. The number of anilines is 2. The molecule has 0 heterocycles. The molecule has 0 radical (unpaired) electrons. The van der Waals surface area contributed by atoms with Gasteiger partial charge in [0.15, 0.2) is 0 Å². The highest BCUT2D eigenvalue weighted by Gasteiger charge is 2.17. The van der Waals surface area contributed by atoms with Crippen LogP contribution in [0.2, 0.25) is 0 Å². The maximum absolute atomic E-state index is 13.1. The lowest BCUT2D eigenvalue weighted by molar-refractivity contribution is -0.384. The van der Waals surface area contributed by atoms with Crippen molar-refractivity contribution < 1.29 is 9.31 Å². The van der Waals surface area contributed by atoms with Gasteiger partial charge in [-0.15, -0.1) is 0 Å². The highest BCUT2D eigenvalue weighted by atomic mass is 19.1. The first-order chi connectivity index (χ1) is 9.47. The Bertz CT molecular complexity index is 629. The van der Waals surface area contributed by atoms with E-state index in [2.05, 4.69) is 5.32 Å². The second-order valence-electron chi connectivity index (χ2n) is 4.45. The van der Waals surface area contributed by atoms with Crippen molar-refractivity contribution in [2.75, 3.05) is 11.1 Å². The van der Waals surface area contributed by atoms with E-state index < -0.39 is 10.7 Å². The van der Waals surface area contributed by atoms with Crippen LogP contribution in [-0.4, -0.2) is 4.92 Å². The summed E-state index contributed by atoms with van der Waals surface area (Å²) in [5.41, 5.74) is 7.18. The minimum absolute atomic E-state index is 0.167. The van der Waals surface area contributed by atoms with Crippen molar-refractivity contribution in [2.45, 2.75) is 13.0 Å².